The number of nitrogens with zero attached hydrogens (tertiary/aromatic N) is 1. The fraction of sp³-hybridized carbons (Fsp3) is 0.462. The van der Waals surface area contributed by atoms with E-state index in [1.807, 2.05) is 26.0 Å². The van der Waals surface area contributed by atoms with E-state index in [0.29, 0.717) is 13.2 Å². The van der Waals surface area contributed by atoms with Crippen LogP contribution in [0.15, 0.2) is 18.2 Å². The second-order valence-corrected chi connectivity index (χ2v) is 4.43. The van der Waals surface area contributed by atoms with Gasteiger partial charge in [-0.1, -0.05) is 6.07 Å². The van der Waals surface area contributed by atoms with Gasteiger partial charge in [-0.15, -0.1) is 0 Å². The summed E-state index contributed by atoms with van der Waals surface area (Å²) in [5.74, 6) is -0.0382. The lowest BCUT2D eigenvalue weighted by atomic mass is 10.1. The van der Waals surface area contributed by atoms with Crippen LogP contribution in [0.3, 0.4) is 0 Å². The molecule has 1 atom stereocenters. The Morgan fingerprint density at radius 2 is 2.00 bits per heavy atom. The van der Waals surface area contributed by atoms with Crippen LogP contribution in [0.1, 0.15) is 11.1 Å². The fourth-order valence-electron chi connectivity index (χ4n) is 2.17. The van der Waals surface area contributed by atoms with Gasteiger partial charge in [0.15, 0.2) is 0 Å². The van der Waals surface area contributed by atoms with Crippen LogP contribution in [-0.2, 0) is 9.53 Å². The summed E-state index contributed by atoms with van der Waals surface area (Å²) >= 11 is 0. The molecule has 0 aliphatic carbocycles. The Morgan fingerprint density at radius 3 is 2.59 bits per heavy atom. The highest BCUT2D eigenvalue weighted by molar-refractivity contribution is 5.97. The van der Waals surface area contributed by atoms with Gasteiger partial charge in [-0.2, -0.15) is 0 Å². The largest absolute Gasteiger partial charge is 0.365 e. The first-order valence-electron chi connectivity index (χ1n) is 5.83. The maximum Gasteiger partial charge on any atom is 0.257 e. The number of nitrogens with two attached hydrogens (primary N) is 1. The van der Waals surface area contributed by atoms with E-state index in [4.69, 9.17) is 10.5 Å². The molecule has 1 aliphatic rings. The Kier molecular flexibility index (Phi) is 3.45. The highest BCUT2D eigenvalue weighted by Gasteiger charge is 2.29. The molecule has 0 spiro atoms. The van der Waals surface area contributed by atoms with E-state index in [1.54, 1.807) is 4.90 Å². The van der Waals surface area contributed by atoms with E-state index in [0.717, 1.165) is 16.8 Å². The number of hydrogen-bond donors (Lipinski definition) is 1. The minimum atomic E-state index is -0.496. The molecule has 4 nitrogen and oxygen atoms in total. The van der Waals surface area contributed by atoms with Crippen LogP contribution in [0, 0.1) is 13.8 Å². The minimum absolute atomic E-state index is 0.0382. The summed E-state index contributed by atoms with van der Waals surface area (Å²) in [4.78, 5) is 13.9. The van der Waals surface area contributed by atoms with Gasteiger partial charge in [0.1, 0.15) is 6.10 Å². The van der Waals surface area contributed by atoms with Gasteiger partial charge in [0.25, 0.3) is 5.91 Å². The third-order valence-electron chi connectivity index (χ3n) is 2.91. The molecule has 0 saturated carbocycles. The van der Waals surface area contributed by atoms with Crippen LogP contribution in [0.5, 0.6) is 0 Å². The van der Waals surface area contributed by atoms with Gasteiger partial charge in [-0.25, -0.2) is 0 Å². The van der Waals surface area contributed by atoms with Gasteiger partial charge in [-0.05, 0) is 37.1 Å². The van der Waals surface area contributed by atoms with Crippen molar-refractivity contribution in [1.82, 2.24) is 0 Å². The van der Waals surface area contributed by atoms with Gasteiger partial charge in [0.05, 0.1) is 6.61 Å². The third kappa shape index (κ3) is 2.48. The number of aryl methyl sites for hydroxylation is 2. The molecule has 1 aromatic carbocycles. The highest BCUT2D eigenvalue weighted by Crippen LogP contribution is 2.21. The van der Waals surface area contributed by atoms with E-state index in [2.05, 4.69) is 6.07 Å². The van der Waals surface area contributed by atoms with Gasteiger partial charge < -0.3 is 15.4 Å². The standard InChI is InChI=1S/C13H18N2O2/c1-9-5-10(2)7-11(6-9)15-3-4-17-12(8-14)13(15)16/h5-7,12H,3-4,8,14H2,1-2H3. The molecule has 1 aromatic rings. The van der Waals surface area contributed by atoms with Gasteiger partial charge >= 0.3 is 0 Å². The smallest absolute Gasteiger partial charge is 0.257 e. The number of hydrogen-bond acceptors (Lipinski definition) is 3. The Hall–Kier alpha value is -1.39. The molecule has 2 N–H and O–H groups in total. The van der Waals surface area contributed by atoms with Crippen molar-refractivity contribution in [2.45, 2.75) is 20.0 Å². The number of carbonyl (C=O) groups excluding carboxylic acids is 1. The number of carbonyl (C=O) groups is 1. The molecule has 0 bridgehead atoms. The third-order valence-corrected chi connectivity index (χ3v) is 2.91. The Bertz CT molecular complexity index is 411. The molecular weight excluding hydrogens is 216 g/mol. The predicted molar refractivity (Wildman–Crippen MR) is 67.1 cm³/mol. The van der Waals surface area contributed by atoms with Crippen LogP contribution in [-0.4, -0.2) is 31.7 Å². The van der Waals surface area contributed by atoms with Crippen LogP contribution >= 0.6 is 0 Å². The number of amides is 1. The monoisotopic (exact) mass is 234 g/mol. The quantitative estimate of drug-likeness (QED) is 0.830. The normalized spacial score (nSPS) is 20.8. The highest BCUT2D eigenvalue weighted by atomic mass is 16.5. The Labute approximate surface area is 101 Å². The molecule has 1 heterocycles. The fourth-order valence-corrected chi connectivity index (χ4v) is 2.17. The summed E-state index contributed by atoms with van der Waals surface area (Å²) in [6.07, 6.45) is -0.496. The number of rotatable bonds is 2. The number of anilines is 1. The average molecular weight is 234 g/mol. The molecule has 0 radical (unpaired) electrons. The molecule has 1 amide bonds. The molecule has 1 fully saturated rings. The van der Waals surface area contributed by atoms with E-state index >= 15 is 0 Å². The first kappa shape index (κ1) is 12.1. The molecule has 1 saturated heterocycles. The van der Waals surface area contributed by atoms with Crippen LogP contribution in [0.25, 0.3) is 0 Å². The van der Waals surface area contributed by atoms with E-state index in [-0.39, 0.29) is 12.5 Å². The lowest BCUT2D eigenvalue weighted by molar-refractivity contribution is -0.133. The summed E-state index contributed by atoms with van der Waals surface area (Å²) in [6.45, 7) is 5.43. The Balaban J connectivity index is 2.29. The predicted octanol–water partition coefficient (Wildman–Crippen LogP) is 0.994. The maximum atomic E-state index is 12.1. The van der Waals surface area contributed by atoms with Crippen molar-refractivity contribution in [3.8, 4) is 0 Å². The van der Waals surface area contributed by atoms with Crippen molar-refractivity contribution in [2.75, 3.05) is 24.6 Å². The molecule has 2 rings (SSSR count). The summed E-state index contributed by atoms with van der Waals surface area (Å²) < 4.78 is 5.34. The van der Waals surface area contributed by atoms with Crippen molar-refractivity contribution >= 4 is 11.6 Å². The van der Waals surface area contributed by atoms with E-state index < -0.39 is 6.10 Å². The second-order valence-electron chi connectivity index (χ2n) is 4.43. The van der Waals surface area contributed by atoms with Crippen LogP contribution in [0.2, 0.25) is 0 Å². The van der Waals surface area contributed by atoms with Crippen molar-refractivity contribution in [2.24, 2.45) is 5.73 Å². The molecule has 1 unspecified atom stereocenters. The van der Waals surface area contributed by atoms with Gasteiger partial charge in [0.2, 0.25) is 0 Å². The summed E-state index contributed by atoms with van der Waals surface area (Å²) in [7, 11) is 0. The van der Waals surface area contributed by atoms with Crippen LogP contribution in [0.4, 0.5) is 5.69 Å². The topological polar surface area (TPSA) is 55.6 Å². The second kappa shape index (κ2) is 4.85. The average Bonchev–Trinajstić information content (AvgIpc) is 2.28. The van der Waals surface area contributed by atoms with Crippen molar-refractivity contribution in [1.29, 1.82) is 0 Å². The zero-order chi connectivity index (χ0) is 12.4. The minimum Gasteiger partial charge on any atom is -0.365 e. The van der Waals surface area contributed by atoms with Crippen molar-refractivity contribution in [3.05, 3.63) is 29.3 Å². The molecule has 4 heteroatoms. The van der Waals surface area contributed by atoms with Crippen molar-refractivity contribution in [3.63, 3.8) is 0 Å². The Morgan fingerprint density at radius 1 is 1.35 bits per heavy atom. The first-order chi connectivity index (χ1) is 8.11. The molecule has 92 valence electrons. The number of morpholine rings is 1. The maximum absolute atomic E-state index is 12.1. The van der Waals surface area contributed by atoms with Gasteiger partial charge in [0, 0.05) is 18.8 Å². The SMILES string of the molecule is Cc1cc(C)cc(N2CCOC(CN)C2=O)c1. The molecular formula is C13H18N2O2. The van der Waals surface area contributed by atoms with Crippen LogP contribution < -0.4 is 10.6 Å². The molecule has 1 aliphatic heterocycles. The van der Waals surface area contributed by atoms with E-state index in [9.17, 15) is 4.79 Å². The summed E-state index contributed by atoms with van der Waals surface area (Å²) in [6, 6.07) is 6.13. The zero-order valence-corrected chi connectivity index (χ0v) is 10.3. The van der Waals surface area contributed by atoms with Gasteiger partial charge in [-0.3, -0.25) is 4.79 Å². The molecule has 17 heavy (non-hydrogen) atoms. The van der Waals surface area contributed by atoms with Crippen molar-refractivity contribution < 1.29 is 9.53 Å². The lowest BCUT2D eigenvalue weighted by Crippen LogP contribution is -2.50. The molecule has 0 aromatic heterocycles. The first-order valence-corrected chi connectivity index (χ1v) is 5.83. The number of benzene rings is 1. The summed E-state index contributed by atoms with van der Waals surface area (Å²) in [5.41, 5.74) is 8.77. The van der Waals surface area contributed by atoms with E-state index in [1.165, 1.54) is 0 Å². The zero-order valence-electron chi connectivity index (χ0n) is 10.3. The number of ether oxygens (including phenoxy) is 1. The lowest BCUT2D eigenvalue weighted by Gasteiger charge is -2.32. The summed E-state index contributed by atoms with van der Waals surface area (Å²) in [5, 5.41) is 0.